The minimum Gasteiger partial charge on any atom is -0.493 e. The van der Waals surface area contributed by atoms with Crippen LogP contribution in [0.3, 0.4) is 0 Å². The smallest absolute Gasteiger partial charge is 0.193 e. The van der Waals surface area contributed by atoms with Gasteiger partial charge in [0.1, 0.15) is 0 Å². The normalized spacial score (nSPS) is 21.3. The summed E-state index contributed by atoms with van der Waals surface area (Å²) in [6.07, 6.45) is 1.11. The molecule has 0 saturated carbocycles. The van der Waals surface area contributed by atoms with Gasteiger partial charge in [0.05, 0.1) is 40.1 Å². The molecule has 2 unspecified atom stereocenters. The fourth-order valence-electron chi connectivity index (χ4n) is 4.18. The van der Waals surface area contributed by atoms with Crippen molar-refractivity contribution in [2.75, 3.05) is 80.9 Å². The van der Waals surface area contributed by atoms with Gasteiger partial charge in [0, 0.05) is 52.8 Å². The highest BCUT2D eigenvalue weighted by atomic mass is 16.5. The van der Waals surface area contributed by atoms with Crippen LogP contribution in [0.1, 0.15) is 18.0 Å². The van der Waals surface area contributed by atoms with E-state index >= 15 is 0 Å². The SMILES string of the molecule is CN=C(NCC(c1ccc(OC)c(OC)c1)N1CCOCC1)N(C)CC1CCOC1. The summed E-state index contributed by atoms with van der Waals surface area (Å²) in [5, 5.41) is 3.59. The van der Waals surface area contributed by atoms with Crippen molar-refractivity contribution in [1.29, 1.82) is 0 Å². The van der Waals surface area contributed by atoms with Gasteiger partial charge in [-0.3, -0.25) is 9.89 Å². The van der Waals surface area contributed by atoms with Crippen LogP contribution in [0.15, 0.2) is 23.2 Å². The predicted octanol–water partition coefficient (Wildman–Crippen LogP) is 1.62. The molecule has 2 aliphatic rings. The first-order valence-corrected chi connectivity index (χ1v) is 10.7. The number of hydrogen-bond acceptors (Lipinski definition) is 6. The quantitative estimate of drug-likeness (QED) is 0.506. The van der Waals surface area contributed by atoms with Crippen molar-refractivity contribution in [3.8, 4) is 11.5 Å². The number of nitrogens with one attached hydrogen (secondary N) is 1. The van der Waals surface area contributed by atoms with Gasteiger partial charge in [0.25, 0.3) is 0 Å². The summed E-state index contributed by atoms with van der Waals surface area (Å²) in [7, 11) is 7.26. The van der Waals surface area contributed by atoms with Crippen LogP contribution in [-0.2, 0) is 9.47 Å². The van der Waals surface area contributed by atoms with Crippen LogP contribution in [0.2, 0.25) is 0 Å². The first kappa shape index (κ1) is 22.7. The third-order valence-corrected chi connectivity index (χ3v) is 5.86. The molecule has 0 bridgehead atoms. The fraction of sp³-hybridized carbons (Fsp3) is 0.682. The van der Waals surface area contributed by atoms with Crippen molar-refractivity contribution in [3.05, 3.63) is 23.8 Å². The minimum atomic E-state index is 0.175. The Labute approximate surface area is 180 Å². The van der Waals surface area contributed by atoms with Gasteiger partial charge in [-0.1, -0.05) is 6.07 Å². The maximum absolute atomic E-state index is 5.58. The second-order valence-corrected chi connectivity index (χ2v) is 7.82. The Kier molecular flexibility index (Phi) is 8.60. The van der Waals surface area contributed by atoms with Crippen LogP contribution < -0.4 is 14.8 Å². The van der Waals surface area contributed by atoms with Crippen LogP contribution in [0.25, 0.3) is 0 Å². The number of hydrogen-bond donors (Lipinski definition) is 1. The van der Waals surface area contributed by atoms with E-state index in [-0.39, 0.29) is 6.04 Å². The largest absolute Gasteiger partial charge is 0.493 e. The van der Waals surface area contributed by atoms with Gasteiger partial charge in [-0.15, -0.1) is 0 Å². The van der Waals surface area contributed by atoms with Gasteiger partial charge in [-0.25, -0.2) is 0 Å². The monoisotopic (exact) mass is 420 g/mol. The lowest BCUT2D eigenvalue weighted by molar-refractivity contribution is 0.0168. The van der Waals surface area contributed by atoms with Gasteiger partial charge in [0.15, 0.2) is 17.5 Å². The topological polar surface area (TPSA) is 67.8 Å². The van der Waals surface area contributed by atoms with E-state index in [1.54, 1.807) is 14.2 Å². The molecular formula is C22H36N4O4. The number of morpholine rings is 1. The molecule has 1 N–H and O–H groups in total. The number of ether oxygens (including phenoxy) is 4. The molecule has 0 aromatic heterocycles. The zero-order valence-corrected chi connectivity index (χ0v) is 18.7. The molecular weight excluding hydrogens is 384 g/mol. The average molecular weight is 421 g/mol. The molecule has 8 heteroatoms. The molecule has 2 saturated heterocycles. The highest BCUT2D eigenvalue weighted by Gasteiger charge is 2.25. The predicted molar refractivity (Wildman–Crippen MR) is 118 cm³/mol. The highest BCUT2D eigenvalue weighted by Crippen LogP contribution is 2.32. The van der Waals surface area contributed by atoms with E-state index in [1.807, 2.05) is 13.1 Å². The molecule has 1 aromatic rings. The van der Waals surface area contributed by atoms with E-state index in [1.165, 1.54) is 5.56 Å². The standard InChI is InChI=1S/C22H36N4O4/c1-23-22(25(2)15-17-7-10-30-16-17)24-14-19(26-8-11-29-12-9-26)18-5-6-20(27-3)21(13-18)28-4/h5-6,13,17,19H,7-12,14-16H2,1-4H3,(H,23,24). The molecule has 0 amide bonds. The molecule has 0 aliphatic carbocycles. The van der Waals surface area contributed by atoms with Crippen LogP contribution >= 0.6 is 0 Å². The maximum Gasteiger partial charge on any atom is 0.193 e. The Morgan fingerprint density at radius 3 is 2.60 bits per heavy atom. The summed E-state index contributed by atoms with van der Waals surface area (Å²) in [6, 6.07) is 6.34. The lowest BCUT2D eigenvalue weighted by Crippen LogP contribution is -2.47. The number of methoxy groups -OCH3 is 2. The van der Waals surface area contributed by atoms with Crippen LogP contribution in [-0.4, -0.2) is 96.7 Å². The Morgan fingerprint density at radius 2 is 1.97 bits per heavy atom. The first-order valence-electron chi connectivity index (χ1n) is 10.7. The Balaban J connectivity index is 1.72. The maximum atomic E-state index is 5.58. The van der Waals surface area contributed by atoms with Gasteiger partial charge < -0.3 is 29.2 Å². The van der Waals surface area contributed by atoms with Crippen molar-refractivity contribution in [1.82, 2.24) is 15.1 Å². The molecule has 8 nitrogen and oxygen atoms in total. The zero-order chi connectivity index (χ0) is 21.3. The number of rotatable bonds is 8. The Hall–Kier alpha value is -2.03. The van der Waals surface area contributed by atoms with Crippen LogP contribution in [0, 0.1) is 5.92 Å². The third kappa shape index (κ3) is 5.77. The van der Waals surface area contributed by atoms with Crippen molar-refractivity contribution in [2.45, 2.75) is 12.5 Å². The summed E-state index contributed by atoms with van der Waals surface area (Å²) in [5.41, 5.74) is 1.18. The minimum absolute atomic E-state index is 0.175. The van der Waals surface area contributed by atoms with E-state index in [2.05, 4.69) is 39.3 Å². The van der Waals surface area contributed by atoms with Gasteiger partial charge >= 0.3 is 0 Å². The van der Waals surface area contributed by atoms with E-state index in [0.717, 1.165) is 76.5 Å². The van der Waals surface area contributed by atoms with E-state index in [0.29, 0.717) is 5.92 Å². The molecule has 2 aliphatic heterocycles. The average Bonchev–Trinajstić information content (AvgIpc) is 3.30. The van der Waals surface area contributed by atoms with E-state index in [9.17, 15) is 0 Å². The number of benzene rings is 1. The van der Waals surface area contributed by atoms with Gasteiger partial charge in [-0.05, 0) is 24.1 Å². The van der Waals surface area contributed by atoms with Crippen molar-refractivity contribution < 1.29 is 18.9 Å². The summed E-state index contributed by atoms with van der Waals surface area (Å²) >= 11 is 0. The number of nitrogens with zero attached hydrogens (tertiary/aromatic N) is 3. The summed E-state index contributed by atoms with van der Waals surface area (Å²) in [6.45, 7) is 6.68. The lowest BCUT2D eigenvalue weighted by Gasteiger charge is -2.36. The zero-order valence-electron chi connectivity index (χ0n) is 18.7. The Morgan fingerprint density at radius 1 is 1.20 bits per heavy atom. The van der Waals surface area contributed by atoms with Crippen molar-refractivity contribution in [3.63, 3.8) is 0 Å². The summed E-state index contributed by atoms with van der Waals surface area (Å²) in [5.74, 6) is 2.95. The summed E-state index contributed by atoms with van der Waals surface area (Å²) < 4.78 is 22.1. The van der Waals surface area contributed by atoms with Crippen LogP contribution in [0.5, 0.6) is 11.5 Å². The molecule has 2 heterocycles. The second-order valence-electron chi connectivity index (χ2n) is 7.82. The highest BCUT2D eigenvalue weighted by molar-refractivity contribution is 5.79. The fourth-order valence-corrected chi connectivity index (χ4v) is 4.18. The van der Waals surface area contributed by atoms with Crippen molar-refractivity contribution in [2.24, 2.45) is 10.9 Å². The number of guanidine groups is 1. The number of aliphatic imine (C=N–C) groups is 1. The molecule has 30 heavy (non-hydrogen) atoms. The van der Waals surface area contributed by atoms with Gasteiger partial charge in [-0.2, -0.15) is 0 Å². The van der Waals surface area contributed by atoms with E-state index in [4.69, 9.17) is 18.9 Å². The second kappa shape index (κ2) is 11.4. The first-order chi connectivity index (χ1) is 14.7. The molecule has 3 rings (SSSR count). The Bertz CT molecular complexity index is 688. The molecule has 168 valence electrons. The van der Waals surface area contributed by atoms with Crippen LogP contribution in [0.4, 0.5) is 0 Å². The molecule has 0 radical (unpaired) electrons. The molecule has 2 fully saturated rings. The molecule has 0 spiro atoms. The van der Waals surface area contributed by atoms with Crippen molar-refractivity contribution >= 4 is 5.96 Å². The van der Waals surface area contributed by atoms with Gasteiger partial charge in [0.2, 0.25) is 0 Å². The lowest BCUT2D eigenvalue weighted by atomic mass is 10.0. The summed E-state index contributed by atoms with van der Waals surface area (Å²) in [4.78, 5) is 9.16. The third-order valence-electron chi connectivity index (χ3n) is 5.86. The molecule has 2 atom stereocenters. The van der Waals surface area contributed by atoms with E-state index < -0.39 is 0 Å². The molecule has 1 aromatic carbocycles.